The zero-order valence-electron chi connectivity index (χ0n) is 16.7. The molecule has 1 amide bonds. The van der Waals surface area contributed by atoms with Crippen LogP contribution in [0, 0.1) is 11.3 Å². The lowest BCUT2D eigenvalue weighted by Crippen LogP contribution is -2.18. The Bertz CT molecular complexity index is 1230. The van der Waals surface area contributed by atoms with Gasteiger partial charge in [-0.25, -0.2) is 0 Å². The van der Waals surface area contributed by atoms with Gasteiger partial charge in [0.2, 0.25) is 0 Å². The van der Waals surface area contributed by atoms with Gasteiger partial charge < -0.3 is 14.8 Å². The van der Waals surface area contributed by atoms with Crippen LogP contribution in [0.3, 0.4) is 0 Å². The van der Waals surface area contributed by atoms with Gasteiger partial charge in [0.25, 0.3) is 5.91 Å². The van der Waals surface area contributed by atoms with Crippen LogP contribution < -0.4 is 10.1 Å². The summed E-state index contributed by atoms with van der Waals surface area (Å²) in [5.74, 6) is 0.724. The van der Waals surface area contributed by atoms with Gasteiger partial charge in [0.15, 0.2) is 5.82 Å². The van der Waals surface area contributed by atoms with Gasteiger partial charge in [-0.3, -0.25) is 9.89 Å². The van der Waals surface area contributed by atoms with Gasteiger partial charge in [-0.15, -0.1) is 0 Å². The number of H-pyrrole nitrogens is 1. The van der Waals surface area contributed by atoms with Crippen LogP contribution in [0.2, 0.25) is 0 Å². The maximum atomic E-state index is 12.3. The fourth-order valence-corrected chi connectivity index (χ4v) is 3.10. The molecule has 0 aliphatic rings. The summed E-state index contributed by atoms with van der Waals surface area (Å²) < 4.78 is 11.3. The molecule has 31 heavy (non-hydrogen) atoms. The Morgan fingerprint density at radius 1 is 1.03 bits per heavy atom. The molecule has 4 aromatic rings. The third-order valence-corrected chi connectivity index (χ3v) is 4.67. The van der Waals surface area contributed by atoms with Gasteiger partial charge in [0.05, 0.1) is 23.8 Å². The Hall–Kier alpha value is -4.15. The Balaban J connectivity index is 1.38. The van der Waals surface area contributed by atoms with E-state index in [9.17, 15) is 10.1 Å². The van der Waals surface area contributed by atoms with Gasteiger partial charge in [0.1, 0.15) is 19.0 Å². The van der Waals surface area contributed by atoms with E-state index in [1.807, 2.05) is 60.7 Å². The SMILES string of the molecule is N#Cc1ccccc1COc1ccc2[nH]nc(NC(=O)COCc3ccccc3)c2c1. The second-order valence-electron chi connectivity index (χ2n) is 6.86. The third-order valence-electron chi connectivity index (χ3n) is 4.67. The first kappa shape index (κ1) is 20.1. The first-order chi connectivity index (χ1) is 15.2. The second-order valence-corrected chi connectivity index (χ2v) is 6.86. The summed E-state index contributed by atoms with van der Waals surface area (Å²) in [7, 11) is 0. The molecule has 1 heterocycles. The molecule has 4 rings (SSSR count). The lowest BCUT2D eigenvalue weighted by Gasteiger charge is -2.08. The maximum Gasteiger partial charge on any atom is 0.251 e. The normalized spacial score (nSPS) is 10.5. The molecule has 0 aliphatic carbocycles. The monoisotopic (exact) mass is 412 g/mol. The Morgan fingerprint density at radius 3 is 2.68 bits per heavy atom. The predicted octanol–water partition coefficient (Wildman–Crippen LogP) is 4.17. The molecule has 0 fully saturated rings. The minimum atomic E-state index is -0.293. The number of carbonyl (C=O) groups excluding carboxylic acids is 1. The van der Waals surface area contributed by atoms with Crippen molar-refractivity contribution in [3.63, 3.8) is 0 Å². The van der Waals surface area contributed by atoms with Crippen LogP contribution in [0.5, 0.6) is 5.75 Å². The molecule has 0 radical (unpaired) electrons. The molecule has 2 N–H and O–H groups in total. The highest BCUT2D eigenvalue weighted by atomic mass is 16.5. The number of aromatic amines is 1. The third kappa shape index (κ3) is 5.07. The molecule has 0 saturated heterocycles. The van der Waals surface area contributed by atoms with Gasteiger partial charge in [-0.2, -0.15) is 10.4 Å². The largest absolute Gasteiger partial charge is 0.489 e. The molecule has 0 atom stereocenters. The Labute approximate surface area is 179 Å². The molecule has 0 saturated carbocycles. The maximum absolute atomic E-state index is 12.3. The van der Waals surface area contributed by atoms with Crippen molar-refractivity contribution in [1.29, 1.82) is 5.26 Å². The summed E-state index contributed by atoms with van der Waals surface area (Å²) in [5, 5.41) is 19.8. The first-order valence-electron chi connectivity index (χ1n) is 9.73. The van der Waals surface area contributed by atoms with Crippen LogP contribution in [0.25, 0.3) is 10.9 Å². The molecule has 3 aromatic carbocycles. The molecular formula is C24H20N4O3. The quantitative estimate of drug-likeness (QED) is 0.452. The highest BCUT2D eigenvalue weighted by Crippen LogP contribution is 2.26. The van der Waals surface area contributed by atoms with Crippen LogP contribution in [0.1, 0.15) is 16.7 Å². The van der Waals surface area contributed by atoms with E-state index in [1.165, 1.54) is 0 Å². The standard InChI is InChI=1S/C24H20N4O3/c25-13-18-8-4-5-9-19(18)15-31-20-10-11-22-21(12-20)24(28-27-22)26-23(29)16-30-14-17-6-2-1-3-7-17/h1-12H,14-16H2,(H2,26,27,28,29). The lowest BCUT2D eigenvalue weighted by molar-refractivity contribution is -0.121. The van der Waals surface area contributed by atoms with E-state index in [4.69, 9.17) is 9.47 Å². The van der Waals surface area contributed by atoms with Crippen LogP contribution >= 0.6 is 0 Å². The van der Waals surface area contributed by atoms with E-state index >= 15 is 0 Å². The Kier molecular flexibility index (Phi) is 6.21. The number of nitrogens with zero attached hydrogens (tertiary/aromatic N) is 2. The summed E-state index contributed by atoms with van der Waals surface area (Å²) in [6, 6.07) is 24.6. The average molecular weight is 412 g/mol. The van der Waals surface area contributed by atoms with E-state index in [-0.39, 0.29) is 19.1 Å². The van der Waals surface area contributed by atoms with Crippen molar-refractivity contribution < 1.29 is 14.3 Å². The van der Waals surface area contributed by atoms with Crippen molar-refractivity contribution in [2.75, 3.05) is 11.9 Å². The van der Waals surface area contributed by atoms with Gasteiger partial charge in [0, 0.05) is 10.9 Å². The van der Waals surface area contributed by atoms with Crippen molar-refractivity contribution in [3.05, 3.63) is 89.5 Å². The van der Waals surface area contributed by atoms with Crippen molar-refractivity contribution in [1.82, 2.24) is 10.2 Å². The second kappa shape index (κ2) is 9.57. The summed E-state index contributed by atoms with van der Waals surface area (Å²) in [4.78, 5) is 12.3. The zero-order valence-corrected chi connectivity index (χ0v) is 16.7. The first-order valence-corrected chi connectivity index (χ1v) is 9.73. The average Bonchev–Trinajstić information content (AvgIpc) is 3.20. The summed E-state index contributed by atoms with van der Waals surface area (Å²) in [6.07, 6.45) is 0. The van der Waals surface area contributed by atoms with Crippen LogP contribution in [0.4, 0.5) is 5.82 Å². The minimum Gasteiger partial charge on any atom is -0.489 e. The number of nitriles is 1. The fourth-order valence-electron chi connectivity index (χ4n) is 3.10. The number of nitrogens with one attached hydrogen (secondary N) is 2. The number of ether oxygens (including phenoxy) is 2. The molecule has 7 nitrogen and oxygen atoms in total. The van der Waals surface area contributed by atoms with Crippen LogP contribution in [-0.4, -0.2) is 22.7 Å². The van der Waals surface area contributed by atoms with E-state index in [0.717, 1.165) is 22.0 Å². The molecule has 0 unspecified atom stereocenters. The lowest BCUT2D eigenvalue weighted by atomic mass is 10.1. The number of fused-ring (bicyclic) bond motifs is 1. The summed E-state index contributed by atoms with van der Waals surface area (Å²) in [5.41, 5.74) is 3.15. The van der Waals surface area contributed by atoms with Crippen LogP contribution in [-0.2, 0) is 22.7 Å². The number of carbonyl (C=O) groups is 1. The number of anilines is 1. The minimum absolute atomic E-state index is 0.0790. The molecule has 0 bridgehead atoms. The zero-order chi connectivity index (χ0) is 21.5. The number of amides is 1. The number of hydrogen-bond donors (Lipinski definition) is 2. The molecular weight excluding hydrogens is 392 g/mol. The van der Waals surface area contributed by atoms with E-state index in [2.05, 4.69) is 21.6 Å². The van der Waals surface area contributed by atoms with E-state index in [0.29, 0.717) is 23.7 Å². The topological polar surface area (TPSA) is 100 Å². The highest BCUT2D eigenvalue weighted by Gasteiger charge is 2.11. The van der Waals surface area contributed by atoms with Gasteiger partial charge in [-0.05, 0) is 29.8 Å². The predicted molar refractivity (Wildman–Crippen MR) is 116 cm³/mol. The van der Waals surface area contributed by atoms with E-state index < -0.39 is 0 Å². The smallest absolute Gasteiger partial charge is 0.251 e. The van der Waals surface area contributed by atoms with E-state index in [1.54, 1.807) is 12.1 Å². The molecule has 7 heteroatoms. The molecule has 154 valence electrons. The van der Waals surface area contributed by atoms with Crippen molar-refractivity contribution >= 4 is 22.6 Å². The van der Waals surface area contributed by atoms with Crippen molar-refractivity contribution in [3.8, 4) is 11.8 Å². The molecule has 0 spiro atoms. The highest BCUT2D eigenvalue weighted by molar-refractivity contribution is 6.00. The van der Waals surface area contributed by atoms with Gasteiger partial charge >= 0.3 is 0 Å². The molecule has 1 aromatic heterocycles. The number of aromatic nitrogens is 2. The van der Waals surface area contributed by atoms with Crippen LogP contribution in [0.15, 0.2) is 72.8 Å². The molecule has 0 aliphatic heterocycles. The number of rotatable bonds is 8. The Morgan fingerprint density at radius 2 is 1.84 bits per heavy atom. The number of benzene rings is 3. The van der Waals surface area contributed by atoms with Crippen molar-refractivity contribution in [2.24, 2.45) is 0 Å². The number of hydrogen-bond acceptors (Lipinski definition) is 5. The van der Waals surface area contributed by atoms with Crippen molar-refractivity contribution in [2.45, 2.75) is 13.2 Å². The fraction of sp³-hybridized carbons (Fsp3) is 0.125. The van der Waals surface area contributed by atoms with Gasteiger partial charge in [-0.1, -0.05) is 48.5 Å². The summed E-state index contributed by atoms with van der Waals surface area (Å²) >= 11 is 0. The summed E-state index contributed by atoms with van der Waals surface area (Å²) in [6.45, 7) is 0.546.